The van der Waals surface area contributed by atoms with Crippen LogP contribution in [0.1, 0.15) is 19.4 Å². The molecule has 0 aliphatic rings. The minimum Gasteiger partial charge on any atom is -0.496 e. The fraction of sp³-hybridized carbons (Fsp3) is 0.238. The Morgan fingerprint density at radius 2 is 1.71 bits per heavy atom. The fourth-order valence-electron chi connectivity index (χ4n) is 2.33. The van der Waals surface area contributed by atoms with Gasteiger partial charge in [0.05, 0.1) is 19.9 Å². The second-order valence-electron chi connectivity index (χ2n) is 6.27. The molecule has 0 unspecified atom stereocenters. The molecule has 148 valence electrons. The number of halogens is 1. The first-order chi connectivity index (χ1) is 13.3. The number of hydrogen-bond acceptors (Lipinski definition) is 4. The lowest BCUT2D eigenvalue weighted by molar-refractivity contribution is -0.119. The number of carbonyl (C=O) groups excluding carboxylic acids is 2. The molecule has 0 aliphatic heterocycles. The number of benzene rings is 2. The summed E-state index contributed by atoms with van der Waals surface area (Å²) in [6, 6.07) is 10.6. The van der Waals surface area contributed by atoms with Gasteiger partial charge >= 0.3 is 0 Å². The monoisotopic (exact) mass is 446 g/mol. The normalized spacial score (nSPS) is 10.8. The third-order valence-corrected chi connectivity index (χ3v) is 4.35. The second kappa shape index (κ2) is 9.94. The van der Waals surface area contributed by atoms with Crippen LogP contribution in [0.2, 0.25) is 0 Å². The molecule has 2 rings (SSSR count). The van der Waals surface area contributed by atoms with Gasteiger partial charge in [-0.1, -0.05) is 29.8 Å². The van der Waals surface area contributed by atoms with Crippen molar-refractivity contribution in [1.82, 2.24) is 0 Å². The number of carbonyl (C=O) groups is 2. The van der Waals surface area contributed by atoms with Crippen molar-refractivity contribution in [2.24, 2.45) is 5.92 Å². The Bertz CT molecular complexity index is 894. The Morgan fingerprint density at radius 1 is 1.00 bits per heavy atom. The smallest absolute Gasteiger partial charge is 0.248 e. The molecule has 0 atom stereocenters. The van der Waals surface area contributed by atoms with E-state index >= 15 is 0 Å². The van der Waals surface area contributed by atoms with E-state index in [1.165, 1.54) is 13.2 Å². The lowest BCUT2D eigenvalue weighted by Gasteiger charge is -2.13. The maximum absolute atomic E-state index is 12.3. The molecule has 0 aliphatic carbocycles. The van der Waals surface area contributed by atoms with Crippen molar-refractivity contribution in [3.63, 3.8) is 0 Å². The minimum absolute atomic E-state index is 0.110. The van der Waals surface area contributed by atoms with Gasteiger partial charge in [0.2, 0.25) is 11.8 Å². The van der Waals surface area contributed by atoms with E-state index in [2.05, 4.69) is 26.6 Å². The van der Waals surface area contributed by atoms with E-state index < -0.39 is 0 Å². The van der Waals surface area contributed by atoms with Crippen LogP contribution < -0.4 is 20.1 Å². The molecule has 28 heavy (non-hydrogen) atoms. The molecule has 0 radical (unpaired) electrons. The fourth-order valence-corrected chi connectivity index (χ4v) is 2.71. The zero-order valence-corrected chi connectivity index (χ0v) is 17.8. The summed E-state index contributed by atoms with van der Waals surface area (Å²) in [6.45, 7) is 3.62. The first kappa shape index (κ1) is 21.5. The summed E-state index contributed by atoms with van der Waals surface area (Å²) in [5, 5.41) is 5.57. The van der Waals surface area contributed by atoms with Gasteiger partial charge in [0, 0.05) is 33.8 Å². The predicted octanol–water partition coefficient (Wildman–Crippen LogP) is 4.71. The van der Waals surface area contributed by atoms with Crippen LogP contribution in [0, 0.1) is 5.92 Å². The molecule has 0 saturated carbocycles. The van der Waals surface area contributed by atoms with Gasteiger partial charge < -0.3 is 20.1 Å². The molecule has 0 saturated heterocycles. The van der Waals surface area contributed by atoms with E-state index in [0.717, 1.165) is 10.0 Å². The molecule has 0 fully saturated rings. The van der Waals surface area contributed by atoms with Crippen molar-refractivity contribution < 1.29 is 19.1 Å². The first-order valence-electron chi connectivity index (χ1n) is 8.65. The Labute approximate surface area is 173 Å². The molecule has 2 aromatic carbocycles. The van der Waals surface area contributed by atoms with Gasteiger partial charge in [-0.05, 0) is 36.4 Å². The number of methoxy groups -OCH3 is 2. The van der Waals surface area contributed by atoms with Gasteiger partial charge in [-0.15, -0.1) is 0 Å². The molecule has 0 spiro atoms. The predicted molar refractivity (Wildman–Crippen MR) is 115 cm³/mol. The summed E-state index contributed by atoms with van der Waals surface area (Å²) < 4.78 is 11.5. The molecule has 0 bridgehead atoms. The van der Waals surface area contributed by atoms with Crippen LogP contribution >= 0.6 is 15.9 Å². The molecule has 0 heterocycles. The molecule has 0 aromatic heterocycles. The summed E-state index contributed by atoms with van der Waals surface area (Å²) in [7, 11) is 3.08. The Balaban J connectivity index is 2.11. The average molecular weight is 447 g/mol. The zero-order valence-electron chi connectivity index (χ0n) is 16.2. The largest absolute Gasteiger partial charge is 0.496 e. The van der Waals surface area contributed by atoms with E-state index in [0.29, 0.717) is 22.9 Å². The van der Waals surface area contributed by atoms with Crippen LogP contribution in [0.5, 0.6) is 11.5 Å². The summed E-state index contributed by atoms with van der Waals surface area (Å²) in [6.07, 6.45) is 3.10. The number of ether oxygens (including phenoxy) is 2. The highest BCUT2D eigenvalue weighted by Crippen LogP contribution is 2.28. The van der Waals surface area contributed by atoms with E-state index in [1.54, 1.807) is 31.4 Å². The maximum atomic E-state index is 12.3. The average Bonchev–Trinajstić information content (AvgIpc) is 2.67. The molecule has 2 N–H and O–H groups in total. The molecular formula is C21H23BrN2O4. The quantitative estimate of drug-likeness (QED) is 0.603. The second-order valence-corrected chi connectivity index (χ2v) is 7.18. The molecule has 7 heteroatoms. The molecule has 2 aromatic rings. The van der Waals surface area contributed by atoms with Crippen molar-refractivity contribution in [1.29, 1.82) is 0 Å². The third-order valence-electron chi connectivity index (χ3n) is 3.86. The summed E-state index contributed by atoms with van der Waals surface area (Å²) >= 11 is 3.40. The van der Waals surface area contributed by atoms with E-state index in [1.807, 2.05) is 32.0 Å². The SMILES string of the molecule is COc1ccc(Br)cc1/C=C/C(=O)Nc1ccc(NC(=O)C(C)C)c(OC)c1. The highest BCUT2D eigenvalue weighted by molar-refractivity contribution is 9.10. The van der Waals surface area contributed by atoms with E-state index in [4.69, 9.17) is 9.47 Å². The van der Waals surface area contributed by atoms with Crippen LogP contribution in [-0.2, 0) is 9.59 Å². The number of amides is 2. The third kappa shape index (κ3) is 5.85. The number of anilines is 2. The highest BCUT2D eigenvalue weighted by Gasteiger charge is 2.12. The zero-order chi connectivity index (χ0) is 20.7. The number of nitrogens with one attached hydrogen (secondary N) is 2. The molecule has 6 nitrogen and oxygen atoms in total. The van der Waals surface area contributed by atoms with Crippen molar-refractivity contribution in [3.05, 3.63) is 52.5 Å². The van der Waals surface area contributed by atoms with Crippen LogP contribution in [0.3, 0.4) is 0 Å². The number of rotatable bonds is 7. The van der Waals surface area contributed by atoms with Crippen molar-refractivity contribution in [2.45, 2.75) is 13.8 Å². The maximum Gasteiger partial charge on any atom is 0.248 e. The Kier molecular flexibility index (Phi) is 7.63. The van der Waals surface area contributed by atoms with Gasteiger partial charge in [-0.2, -0.15) is 0 Å². The summed E-state index contributed by atoms with van der Waals surface area (Å²) in [4.78, 5) is 24.1. The Hall–Kier alpha value is -2.80. The first-order valence-corrected chi connectivity index (χ1v) is 9.45. The standard InChI is InChI=1S/C21H23BrN2O4/c1-13(2)21(26)24-17-8-7-16(12-19(17)28-4)23-20(25)10-5-14-11-15(22)6-9-18(14)27-3/h5-13H,1-4H3,(H,23,25)(H,24,26)/b10-5+. The highest BCUT2D eigenvalue weighted by atomic mass is 79.9. The van der Waals surface area contributed by atoms with Crippen LogP contribution in [0.4, 0.5) is 11.4 Å². The van der Waals surface area contributed by atoms with Crippen molar-refractivity contribution in [2.75, 3.05) is 24.9 Å². The van der Waals surface area contributed by atoms with Gasteiger partial charge in [0.15, 0.2) is 0 Å². The molecule has 2 amide bonds. The van der Waals surface area contributed by atoms with Crippen molar-refractivity contribution >= 4 is 45.2 Å². The lowest BCUT2D eigenvalue weighted by atomic mass is 10.2. The van der Waals surface area contributed by atoms with Gasteiger partial charge in [0.25, 0.3) is 0 Å². The number of hydrogen-bond donors (Lipinski definition) is 2. The van der Waals surface area contributed by atoms with Crippen LogP contribution in [0.25, 0.3) is 6.08 Å². The van der Waals surface area contributed by atoms with Gasteiger partial charge in [0.1, 0.15) is 11.5 Å². The van der Waals surface area contributed by atoms with E-state index in [9.17, 15) is 9.59 Å². The van der Waals surface area contributed by atoms with E-state index in [-0.39, 0.29) is 17.7 Å². The topological polar surface area (TPSA) is 76.7 Å². The lowest BCUT2D eigenvalue weighted by Crippen LogP contribution is -2.18. The van der Waals surface area contributed by atoms with Gasteiger partial charge in [-0.25, -0.2) is 0 Å². The summed E-state index contributed by atoms with van der Waals surface area (Å²) in [5.74, 6) is 0.567. The molecular weight excluding hydrogens is 424 g/mol. The minimum atomic E-state index is -0.303. The van der Waals surface area contributed by atoms with Crippen LogP contribution in [-0.4, -0.2) is 26.0 Å². The van der Waals surface area contributed by atoms with Gasteiger partial charge in [-0.3, -0.25) is 9.59 Å². The van der Waals surface area contributed by atoms with Crippen LogP contribution in [0.15, 0.2) is 46.9 Å². The Morgan fingerprint density at radius 3 is 2.36 bits per heavy atom. The summed E-state index contributed by atoms with van der Waals surface area (Å²) in [5.41, 5.74) is 1.88. The van der Waals surface area contributed by atoms with Crippen molar-refractivity contribution in [3.8, 4) is 11.5 Å².